The fraction of sp³-hybridized carbons (Fsp3) is 0.154. The average molecular weight is 305 g/mol. The highest BCUT2D eigenvalue weighted by Crippen LogP contribution is 2.25. The summed E-state index contributed by atoms with van der Waals surface area (Å²) in [5.41, 5.74) is 1.22. The van der Waals surface area contributed by atoms with Gasteiger partial charge in [0.25, 0.3) is 5.91 Å². The quantitative estimate of drug-likeness (QED) is 0.487. The van der Waals surface area contributed by atoms with E-state index in [2.05, 4.69) is 15.4 Å². The molecule has 0 spiro atoms. The Bertz CT molecular complexity index is 815. The molecule has 2 aromatic rings. The van der Waals surface area contributed by atoms with Gasteiger partial charge in [0.15, 0.2) is 5.11 Å². The molecule has 1 saturated heterocycles. The molecule has 0 bridgehead atoms. The number of nitrogens with one attached hydrogen (secondary N) is 2. The molecular weight excluding hydrogens is 294 g/mol. The molecule has 1 aliphatic heterocycles. The average Bonchev–Trinajstić information content (AvgIpc) is 3.06. The van der Waals surface area contributed by atoms with E-state index in [1.165, 1.54) is 7.11 Å². The minimum Gasteiger partial charge on any atom is -0.464 e. The summed E-state index contributed by atoms with van der Waals surface area (Å²) in [7, 11) is 3.02. The number of hydrogen-bond donors (Lipinski definition) is 2. The van der Waals surface area contributed by atoms with Crippen LogP contribution in [0.4, 0.5) is 0 Å². The lowest BCUT2D eigenvalue weighted by Crippen LogP contribution is -2.21. The first-order valence-electron chi connectivity index (χ1n) is 6.01. The first-order valence-corrected chi connectivity index (χ1v) is 6.42. The van der Waals surface area contributed by atoms with Crippen LogP contribution in [0.15, 0.2) is 22.2 Å². The zero-order valence-corrected chi connectivity index (χ0v) is 12.0. The predicted molar refractivity (Wildman–Crippen MR) is 78.4 cm³/mol. The van der Waals surface area contributed by atoms with E-state index in [9.17, 15) is 9.59 Å². The van der Waals surface area contributed by atoms with Gasteiger partial charge < -0.3 is 19.0 Å². The molecule has 2 aromatic heterocycles. The smallest absolute Gasteiger partial charge is 0.354 e. The molecule has 2 N–H and O–H groups in total. The van der Waals surface area contributed by atoms with Crippen molar-refractivity contribution in [1.82, 2.24) is 15.2 Å². The van der Waals surface area contributed by atoms with E-state index < -0.39 is 5.97 Å². The third-order valence-electron chi connectivity index (χ3n) is 3.12. The maximum Gasteiger partial charge on any atom is 0.354 e. The number of hydrogen-bond acceptors (Lipinski definition) is 5. The van der Waals surface area contributed by atoms with Crippen molar-refractivity contribution in [3.63, 3.8) is 0 Å². The molecule has 7 nitrogen and oxygen atoms in total. The van der Waals surface area contributed by atoms with Crippen molar-refractivity contribution < 1.29 is 18.7 Å². The van der Waals surface area contributed by atoms with Gasteiger partial charge in [-0.25, -0.2) is 4.79 Å². The Hall–Kier alpha value is -2.61. The van der Waals surface area contributed by atoms with E-state index in [0.717, 1.165) is 5.39 Å². The highest BCUT2D eigenvalue weighted by Gasteiger charge is 2.22. The molecule has 1 amide bonds. The standard InChI is InChI=1S/C13H11N3O4S/c1-16-9(12(18)19-2)4-6-3-7(20-11(6)16)5-8-10(17)15-13(21)14-8/h3-5H,1-2H3,(H2,14,15,17,21). The van der Waals surface area contributed by atoms with Crippen LogP contribution in [0.5, 0.6) is 0 Å². The van der Waals surface area contributed by atoms with Crippen LogP contribution in [0, 0.1) is 0 Å². The van der Waals surface area contributed by atoms with Crippen molar-refractivity contribution in [3.8, 4) is 0 Å². The Morgan fingerprint density at radius 2 is 2.19 bits per heavy atom. The Morgan fingerprint density at radius 3 is 2.76 bits per heavy atom. The van der Waals surface area contributed by atoms with Crippen molar-refractivity contribution >= 4 is 46.4 Å². The highest BCUT2D eigenvalue weighted by atomic mass is 32.1. The summed E-state index contributed by atoms with van der Waals surface area (Å²) in [4.78, 5) is 23.1. The summed E-state index contributed by atoms with van der Waals surface area (Å²) < 4.78 is 11.9. The molecule has 3 rings (SSSR count). The van der Waals surface area contributed by atoms with Gasteiger partial charge in [0, 0.05) is 18.5 Å². The normalized spacial score (nSPS) is 16.4. The first kappa shape index (κ1) is 13.4. The van der Waals surface area contributed by atoms with Crippen molar-refractivity contribution in [3.05, 3.63) is 29.3 Å². The maximum atomic E-state index is 11.6. The molecule has 108 valence electrons. The number of ether oxygens (including phenoxy) is 1. The molecule has 0 aliphatic carbocycles. The Labute approximate surface area is 124 Å². The number of amides is 1. The topological polar surface area (TPSA) is 85.5 Å². The molecule has 0 radical (unpaired) electrons. The number of thiocarbonyl (C=S) groups is 1. The van der Waals surface area contributed by atoms with Gasteiger partial charge in [-0.3, -0.25) is 10.1 Å². The number of nitrogens with zero attached hydrogens (tertiary/aromatic N) is 1. The van der Waals surface area contributed by atoms with Gasteiger partial charge in [-0.05, 0) is 24.4 Å². The van der Waals surface area contributed by atoms with Crippen LogP contribution in [-0.2, 0) is 16.6 Å². The highest BCUT2D eigenvalue weighted by molar-refractivity contribution is 7.80. The number of rotatable bonds is 2. The fourth-order valence-electron chi connectivity index (χ4n) is 2.13. The fourth-order valence-corrected chi connectivity index (χ4v) is 2.33. The lowest BCUT2D eigenvalue weighted by molar-refractivity contribution is -0.115. The van der Waals surface area contributed by atoms with Gasteiger partial charge in [0.1, 0.15) is 17.2 Å². The molecule has 3 heterocycles. The SMILES string of the molecule is COC(=O)c1cc2cc(C=C3NC(=S)NC3=O)oc2n1C. The lowest BCUT2D eigenvalue weighted by atomic mass is 10.3. The summed E-state index contributed by atoms with van der Waals surface area (Å²) in [6.07, 6.45) is 1.55. The van der Waals surface area contributed by atoms with Crippen molar-refractivity contribution in [2.45, 2.75) is 0 Å². The number of aromatic nitrogens is 1. The van der Waals surface area contributed by atoms with Crippen molar-refractivity contribution in [1.29, 1.82) is 0 Å². The van der Waals surface area contributed by atoms with E-state index in [4.69, 9.17) is 16.6 Å². The largest absolute Gasteiger partial charge is 0.464 e. The third kappa shape index (κ3) is 2.19. The predicted octanol–water partition coefficient (Wildman–Crippen LogP) is 0.903. The monoisotopic (exact) mass is 305 g/mol. The van der Waals surface area contributed by atoms with E-state index in [1.807, 2.05) is 0 Å². The molecule has 1 fully saturated rings. The summed E-state index contributed by atoms with van der Waals surface area (Å²) >= 11 is 4.85. The summed E-state index contributed by atoms with van der Waals surface area (Å²) in [5, 5.41) is 6.20. The number of carbonyl (C=O) groups is 2. The van der Waals surface area contributed by atoms with E-state index in [1.54, 1.807) is 29.8 Å². The van der Waals surface area contributed by atoms with Gasteiger partial charge in [-0.15, -0.1) is 0 Å². The number of aryl methyl sites for hydroxylation is 1. The maximum absolute atomic E-state index is 11.6. The first-order chi connectivity index (χ1) is 9.99. The van der Waals surface area contributed by atoms with Crippen LogP contribution < -0.4 is 10.6 Å². The lowest BCUT2D eigenvalue weighted by Gasteiger charge is -2.00. The molecule has 0 unspecified atom stereocenters. The van der Waals surface area contributed by atoms with Crippen LogP contribution in [-0.4, -0.2) is 28.7 Å². The van der Waals surface area contributed by atoms with Crippen LogP contribution in [0.3, 0.4) is 0 Å². The van der Waals surface area contributed by atoms with Crippen LogP contribution in [0.25, 0.3) is 17.2 Å². The number of furan rings is 1. The molecule has 0 saturated carbocycles. The summed E-state index contributed by atoms with van der Waals surface area (Å²) in [6.45, 7) is 0. The number of esters is 1. The summed E-state index contributed by atoms with van der Waals surface area (Å²) in [6, 6.07) is 3.39. The second kappa shape index (κ2) is 4.74. The van der Waals surface area contributed by atoms with Crippen LogP contribution in [0.1, 0.15) is 16.2 Å². The van der Waals surface area contributed by atoms with Crippen molar-refractivity contribution in [2.24, 2.45) is 7.05 Å². The number of carbonyl (C=O) groups excluding carboxylic acids is 2. The molecule has 0 aromatic carbocycles. The Morgan fingerprint density at radius 1 is 1.43 bits per heavy atom. The third-order valence-corrected chi connectivity index (χ3v) is 3.32. The second-order valence-electron chi connectivity index (χ2n) is 4.46. The Balaban J connectivity index is 2.00. The van der Waals surface area contributed by atoms with Crippen LogP contribution >= 0.6 is 12.2 Å². The summed E-state index contributed by atoms with van der Waals surface area (Å²) in [5.74, 6) is -0.268. The van der Waals surface area contributed by atoms with Gasteiger partial charge in [0.2, 0.25) is 5.71 Å². The minimum atomic E-state index is -0.439. The second-order valence-corrected chi connectivity index (χ2v) is 4.86. The van der Waals surface area contributed by atoms with Gasteiger partial charge in [-0.2, -0.15) is 0 Å². The zero-order chi connectivity index (χ0) is 15.1. The van der Waals surface area contributed by atoms with E-state index in [0.29, 0.717) is 22.9 Å². The number of fused-ring (bicyclic) bond motifs is 1. The molecular formula is C13H11N3O4S. The van der Waals surface area contributed by atoms with Gasteiger partial charge in [-0.1, -0.05) is 0 Å². The zero-order valence-electron chi connectivity index (χ0n) is 11.2. The Kier molecular flexibility index (Phi) is 3.02. The van der Waals surface area contributed by atoms with Gasteiger partial charge >= 0.3 is 5.97 Å². The molecule has 0 atom stereocenters. The number of methoxy groups -OCH3 is 1. The van der Waals surface area contributed by atoms with Crippen molar-refractivity contribution in [2.75, 3.05) is 7.11 Å². The van der Waals surface area contributed by atoms with Gasteiger partial charge in [0.05, 0.1) is 7.11 Å². The van der Waals surface area contributed by atoms with Crippen LogP contribution in [0.2, 0.25) is 0 Å². The molecule has 8 heteroatoms. The minimum absolute atomic E-state index is 0.260. The van der Waals surface area contributed by atoms with E-state index in [-0.39, 0.29) is 11.0 Å². The van der Waals surface area contributed by atoms with E-state index >= 15 is 0 Å². The molecule has 21 heavy (non-hydrogen) atoms. The molecule has 1 aliphatic rings.